The van der Waals surface area contributed by atoms with Gasteiger partial charge in [-0.05, 0) is 57.9 Å². The van der Waals surface area contributed by atoms with Crippen LogP contribution in [0.2, 0.25) is 0 Å². The minimum absolute atomic E-state index is 0.0526. The average molecular weight is 579 g/mol. The Morgan fingerprint density at radius 2 is 1.79 bits per heavy atom. The van der Waals surface area contributed by atoms with Crippen LogP contribution in [-0.2, 0) is 11.2 Å². The first-order valence-corrected chi connectivity index (χ1v) is 11.6. The standard InChI is InChI=1S/C22H16BrIN2O2S/c23-18-13-17(28-20(18)24)14-19-21(27)26(12-11-15-7-3-1-4-8-15)22(29-19)25-16-9-5-2-6-10-16/h1-10,13-14H,11-12H2/b19-14-,25-22?. The number of aliphatic imine (C=N–C) groups is 1. The first kappa shape index (κ1) is 20.4. The molecule has 29 heavy (non-hydrogen) atoms. The van der Waals surface area contributed by atoms with Crippen molar-refractivity contribution in [1.29, 1.82) is 0 Å². The van der Waals surface area contributed by atoms with Crippen LogP contribution in [0.4, 0.5) is 5.69 Å². The van der Waals surface area contributed by atoms with Gasteiger partial charge in [0.25, 0.3) is 5.91 Å². The number of amidine groups is 1. The van der Waals surface area contributed by atoms with Gasteiger partial charge >= 0.3 is 0 Å². The highest BCUT2D eigenvalue weighted by atomic mass is 127. The number of nitrogens with zero attached hydrogens (tertiary/aromatic N) is 2. The number of carbonyl (C=O) groups excluding carboxylic acids is 1. The molecule has 0 spiro atoms. The van der Waals surface area contributed by atoms with Crippen molar-refractivity contribution in [2.75, 3.05) is 6.54 Å². The first-order chi connectivity index (χ1) is 14.1. The van der Waals surface area contributed by atoms with Crippen molar-refractivity contribution in [3.8, 4) is 0 Å². The molecule has 0 radical (unpaired) electrons. The molecule has 0 bridgehead atoms. The molecule has 7 heteroatoms. The number of furan rings is 1. The Bertz CT molecular complexity index is 1060. The van der Waals surface area contributed by atoms with Gasteiger partial charge in [-0.25, -0.2) is 4.99 Å². The lowest BCUT2D eigenvalue weighted by atomic mass is 10.1. The molecule has 0 aliphatic carbocycles. The van der Waals surface area contributed by atoms with Gasteiger partial charge in [-0.3, -0.25) is 9.69 Å². The van der Waals surface area contributed by atoms with Crippen molar-refractivity contribution < 1.29 is 9.21 Å². The largest absolute Gasteiger partial charge is 0.450 e. The lowest BCUT2D eigenvalue weighted by Crippen LogP contribution is -2.31. The molecule has 1 amide bonds. The van der Waals surface area contributed by atoms with Gasteiger partial charge in [0.1, 0.15) is 5.76 Å². The quantitative estimate of drug-likeness (QED) is 0.257. The average Bonchev–Trinajstić information content (AvgIpc) is 3.20. The van der Waals surface area contributed by atoms with Crippen LogP contribution in [0.3, 0.4) is 0 Å². The number of amides is 1. The van der Waals surface area contributed by atoms with Gasteiger partial charge in [-0.2, -0.15) is 0 Å². The molecular weight excluding hydrogens is 563 g/mol. The molecule has 4 rings (SSSR count). The van der Waals surface area contributed by atoms with E-state index in [0.29, 0.717) is 22.4 Å². The van der Waals surface area contributed by atoms with Crippen LogP contribution >= 0.6 is 50.3 Å². The molecule has 1 fully saturated rings. The second kappa shape index (κ2) is 9.32. The predicted octanol–water partition coefficient (Wildman–Crippen LogP) is 6.49. The van der Waals surface area contributed by atoms with Crippen LogP contribution in [0.15, 0.2) is 85.5 Å². The Hall–Kier alpha value is -1.84. The smallest absolute Gasteiger partial charge is 0.266 e. The van der Waals surface area contributed by atoms with Crippen molar-refractivity contribution in [2.45, 2.75) is 6.42 Å². The van der Waals surface area contributed by atoms with Gasteiger partial charge in [-0.15, -0.1) is 0 Å². The summed E-state index contributed by atoms with van der Waals surface area (Å²) in [6.45, 7) is 0.568. The third-order valence-corrected chi connectivity index (χ3v) is 7.41. The monoisotopic (exact) mass is 578 g/mol. The van der Waals surface area contributed by atoms with Crippen LogP contribution in [0.5, 0.6) is 0 Å². The van der Waals surface area contributed by atoms with Crippen LogP contribution < -0.4 is 0 Å². The van der Waals surface area contributed by atoms with Crippen LogP contribution in [0.1, 0.15) is 11.3 Å². The number of hydrogen-bond donors (Lipinski definition) is 0. The van der Waals surface area contributed by atoms with Gasteiger partial charge in [0.2, 0.25) is 0 Å². The summed E-state index contributed by atoms with van der Waals surface area (Å²) >= 11 is 6.93. The van der Waals surface area contributed by atoms with Crippen molar-refractivity contribution in [3.05, 3.63) is 91.2 Å². The van der Waals surface area contributed by atoms with E-state index in [2.05, 4.69) is 50.7 Å². The van der Waals surface area contributed by atoms with E-state index < -0.39 is 0 Å². The minimum atomic E-state index is -0.0526. The Labute approximate surface area is 195 Å². The summed E-state index contributed by atoms with van der Waals surface area (Å²) in [5.41, 5.74) is 2.01. The molecule has 0 atom stereocenters. The normalized spacial score (nSPS) is 16.9. The fraction of sp³-hybridized carbons (Fsp3) is 0.0909. The number of rotatable bonds is 5. The lowest BCUT2D eigenvalue weighted by Gasteiger charge is -2.15. The maximum atomic E-state index is 13.1. The molecule has 146 valence electrons. The topological polar surface area (TPSA) is 45.8 Å². The molecule has 1 saturated heterocycles. The maximum Gasteiger partial charge on any atom is 0.266 e. The van der Waals surface area contributed by atoms with E-state index in [4.69, 9.17) is 9.41 Å². The van der Waals surface area contributed by atoms with Crippen molar-refractivity contribution in [2.24, 2.45) is 4.99 Å². The number of benzene rings is 2. The van der Waals surface area contributed by atoms with Gasteiger partial charge in [0.05, 0.1) is 15.1 Å². The molecule has 2 aromatic carbocycles. The van der Waals surface area contributed by atoms with E-state index in [0.717, 1.165) is 20.3 Å². The van der Waals surface area contributed by atoms with E-state index in [1.54, 1.807) is 11.0 Å². The summed E-state index contributed by atoms with van der Waals surface area (Å²) in [5, 5.41) is 0.684. The maximum absolute atomic E-state index is 13.1. The predicted molar refractivity (Wildman–Crippen MR) is 130 cm³/mol. The zero-order chi connectivity index (χ0) is 20.2. The fourth-order valence-electron chi connectivity index (χ4n) is 2.85. The van der Waals surface area contributed by atoms with E-state index in [1.165, 1.54) is 17.3 Å². The Morgan fingerprint density at radius 1 is 1.10 bits per heavy atom. The summed E-state index contributed by atoms with van der Waals surface area (Å²) in [6.07, 6.45) is 2.54. The highest BCUT2D eigenvalue weighted by molar-refractivity contribution is 14.1. The van der Waals surface area contributed by atoms with Crippen LogP contribution in [0, 0.1) is 3.77 Å². The van der Waals surface area contributed by atoms with Gasteiger partial charge in [0, 0.05) is 35.2 Å². The van der Waals surface area contributed by atoms with Crippen molar-refractivity contribution >= 4 is 73.1 Å². The van der Waals surface area contributed by atoms with E-state index in [-0.39, 0.29) is 5.91 Å². The minimum Gasteiger partial charge on any atom is -0.450 e. The van der Waals surface area contributed by atoms with E-state index in [1.807, 2.05) is 54.6 Å². The zero-order valence-electron chi connectivity index (χ0n) is 15.2. The second-order valence-electron chi connectivity index (χ2n) is 6.30. The molecule has 1 aliphatic rings. The second-order valence-corrected chi connectivity index (χ2v) is 9.15. The summed E-state index contributed by atoms with van der Waals surface area (Å²) in [4.78, 5) is 20.2. The molecule has 0 N–H and O–H groups in total. The molecule has 0 saturated carbocycles. The van der Waals surface area contributed by atoms with Crippen molar-refractivity contribution in [1.82, 2.24) is 4.90 Å². The molecule has 1 aromatic heterocycles. The highest BCUT2D eigenvalue weighted by Crippen LogP contribution is 2.35. The third kappa shape index (κ3) is 5.02. The Morgan fingerprint density at radius 3 is 2.45 bits per heavy atom. The third-order valence-electron chi connectivity index (χ3n) is 4.27. The Balaban J connectivity index is 1.63. The molecule has 2 heterocycles. The SMILES string of the molecule is O=C1/C(=C/c2cc(Br)c(I)o2)SC(=Nc2ccccc2)N1CCc1ccccc1. The molecule has 4 nitrogen and oxygen atoms in total. The van der Waals surface area contributed by atoms with E-state index in [9.17, 15) is 4.79 Å². The molecular formula is C22H16BrIN2O2S. The number of carbonyl (C=O) groups is 1. The number of thioether (sulfide) groups is 1. The van der Waals surface area contributed by atoms with Gasteiger partial charge in [-0.1, -0.05) is 48.5 Å². The summed E-state index contributed by atoms with van der Waals surface area (Å²) in [7, 11) is 0. The Kier molecular flexibility index (Phi) is 6.56. The summed E-state index contributed by atoms with van der Waals surface area (Å²) in [5.74, 6) is 0.587. The fourth-order valence-corrected chi connectivity index (χ4v) is 4.57. The first-order valence-electron chi connectivity index (χ1n) is 8.94. The zero-order valence-corrected chi connectivity index (χ0v) is 19.8. The summed E-state index contributed by atoms with van der Waals surface area (Å²) < 4.78 is 7.31. The lowest BCUT2D eigenvalue weighted by molar-refractivity contribution is -0.122. The molecule has 1 aliphatic heterocycles. The number of halogens is 2. The van der Waals surface area contributed by atoms with Crippen LogP contribution in [0.25, 0.3) is 6.08 Å². The molecule has 3 aromatic rings. The molecule has 0 unspecified atom stereocenters. The van der Waals surface area contributed by atoms with Crippen molar-refractivity contribution in [3.63, 3.8) is 0 Å². The number of para-hydroxylation sites is 1. The van der Waals surface area contributed by atoms with Gasteiger partial charge < -0.3 is 4.42 Å². The highest BCUT2D eigenvalue weighted by Gasteiger charge is 2.33. The summed E-state index contributed by atoms with van der Waals surface area (Å²) in [6, 6.07) is 21.7. The van der Waals surface area contributed by atoms with E-state index >= 15 is 0 Å². The van der Waals surface area contributed by atoms with Crippen LogP contribution in [-0.4, -0.2) is 22.5 Å². The van der Waals surface area contributed by atoms with Gasteiger partial charge in [0.15, 0.2) is 8.93 Å². The number of hydrogen-bond acceptors (Lipinski definition) is 4.